The van der Waals surface area contributed by atoms with Gasteiger partial charge >= 0.3 is 0 Å². The van der Waals surface area contributed by atoms with E-state index in [2.05, 4.69) is 15.3 Å². The number of aromatic amines is 1. The molecule has 1 amide bonds. The molecule has 0 saturated carbocycles. The van der Waals surface area contributed by atoms with E-state index in [1.54, 1.807) is 7.05 Å². The maximum atomic E-state index is 12.7. The summed E-state index contributed by atoms with van der Waals surface area (Å²) in [5.41, 5.74) is 3.01. The summed E-state index contributed by atoms with van der Waals surface area (Å²) < 4.78 is 0. The molecule has 6 nitrogen and oxygen atoms in total. The van der Waals surface area contributed by atoms with E-state index in [1.165, 1.54) is 16.9 Å². The number of aromatic nitrogens is 2. The third-order valence-electron chi connectivity index (χ3n) is 4.24. The Kier molecular flexibility index (Phi) is 5.20. The zero-order valence-electron chi connectivity index (χ0n) is 15.3. The van der Waals surface area contributed by atoms with E-state index in [0.717, 1.165) is 20.8 Å². The number of carbonyl (C=O) groups excluding carboxylic acids is 1. The smallest absolute Gasteiger partial charge is 0.260 e. The lowest BCUT2D eigenvalue weighted by atomic mass is 10.0. The van der Waals surface area contributed by atoms with Crippen LogP contribution < -0.4 is 10.9 Å². The van der Waals surface area contributed by atoms with Gasteiger partial charge in [-0.1, -0.05) is 29.8 Å². The zero-order valence-corrected chi connectivity index (χ0v) is 16.2. The van der Waals surface area contributed by atoms with Gasteiger partial charge in [0.2, 0.25) is 5.91 Å². The lowest BCUT2D eigenvalue weighted by Gasteiger charge is -2.14. The van der Waals surface area contributed by atoms with Crippen LogP contribution in [0.2, 0.25) is 0 Å². The van der Waals surface area contributed by atoms with Gasteiger partial charge in [0.15, 0.2) is 0 Å². The van der Waals surface area contributed by atoms with Crippen molar-refractivity contribution in [1.29, 1.82) is 0 Å². The lowest BCUT2D eigenvalue weighted by molar-refractivity contribution is -0.121. The largest absolute Gasteiger partial charge is 0.358 e. The Bertz CT molecular complexity index is 1000. The highest BCUT2D eigenvalue weighted by atomic mass is 32.1. The third kappa shape index (κ3) is 3.68. The normalized spacial score (nSPS) is 11.3. The van der Waals surface area contributed by atoms with Gasteiger partial charge in [0.05, 0.1) is 18.5 Å². The molecule has 2 N–H and O–H groups in total. The molecule has 136 valence electrons. The van der Waals surface area contributed by atoms with E-state index < -0.39 is 0 Å². The fourth-order valence-electron chi connectivity index (χ4n) is 2.94. The summed E-state index contributed by atoms with van der Waals surface area (Å²) in [6, 6.07) is 8.16. The maximum absolute atomic E-state index is 12.7. The molecule has 0 bridgehead atoms. The van der Waals surface area contributed by atoms with E-state index in [4.69, 9.17) is 0 Å². The van der Waals surface area contributed by atoms with Crippen LogP contribution in [0.3, 0.4) is 0 Å². The summed E-state index contributed by atoms with van der Waals surface area (Å²) in [4.78, 5) is 35.3. The number of thiophene rings is 1. The predicted octanol–water partition coefficient (Wildman–Crippen LogP) is 2.45. The van der Waals surface area contributed by atoms with Crippen LogP contribution >= 0.6 is 11.3 Å². The van der Waals surface area contributed by atoms with Gasteiger partial charge in [0.1, 0.15) is 10.7 Å². The number of H-pyrrole nitrogens is 1. The molecule has 0 aliphatic heterocycles. The minimum absolute atomic E-state index is 0.0791. The molecule has 0 unspecified atom stereocenters. The number of hydrogen-bond donors (Lipinski definition) is 2. The summed E-state index contributed by atoms with van der Waals surface area (Å²) in [6.45, 7) is 4.70. The Morgan fingerprint density at radius 2 is 1.96 bits per heavy atom. The first kappa shape index (κ1) is 18.3. The van der Waals surface area contributed by atoms with Crippen molar-refractivity contribution in [3.05, 3.63) is 50.9 Å². The van der Waals surface area contributed by atoms with Crippen molar-refractivity contribution in [1.82, 2.24) is 20.2 Å². The standard InChI is InChI=1S/C19H22N4O2S/c1-11-5-7-13(8-6-11)16-12(2)26-19-17(16)18(25)21-14(22-19)9-23(4)10-15(24)20-3/h5-8H,9-10H2,1-4H3,(H,20,24)(H,21,22,25). The minimum Gasteiger partial charge on any atom is -0.358 e. The number of benzene rings is 1. The minimum atomic E-state index is -0.140. The molecule has 7 heteroatoms. The van der Waals surface area contributed by atoms with Crippen LogP contribution in [-0.4, -0.2) is 41.4 Å². The summed E-state index contributed by atoms with van der Waals surface area (Å²) >= 11 is 1.52. The summed E-state index contributed by atoms with van der Waals surface area (Å²) in [7, 11) is 3.42. The molecule has 0 fully saturated rings. The van der Waals surface area contributed by atoms with E-state index >= 15 is 0 Å². The molecule has 0 radical (unpaired) electrons. The van der Waals surface area contributed by atoms with Crippen molar-refractivity contribution in [2.45, 2.75) is 20.4 Å². The molecule has 2 aromatic heterocycles. The highest BCUT2D eigenvalue weighted by Gasteiger charge is 2.17. The molecule has 2 heterocycles. The number of amides is 1. The van der Waals surface area contributed by atoms with Gasteiger partial charge in [0, 0.05) is 17.5 Å². The fraction of sp³-hybridized carbons (Fsp3) is 0.316. The Balaban J connectivity index is 1.99. The van der Waals surface area contributed by atoms with Crippen LogP contribution in [0.5, 0.6) is 0 Å². The molecular weight excluding hydrogens is 348 g/mol. The number of likely N-dealkylation sites (N-methyl/N-ethyl adjacent to an activating group) is 2. The Labute approximate surface area is 155 Å². The average Bonchev–Trinajstić information content (AvgIpc) is 2.91. The van der Waals surface area contributed by atoms with E-state index in [0.29, 0.717) is 17.8 Å². The third-order valence-corrected chi connectivity index (χ3v) is 5.24. The van der Waals surface area contributed by atoms with Gasteiger partial charge < -0.3 is 10.3 Å². The molecule has 26 heavy (non-hydrogen) atoms. The van der Waals surface area contributed by atoms with E-state index in [9.17, 15) is 9.59 Å². The second-order valence-electron chi connectivity index (χ2n) is 6.44. The number of fused-ring (bicyclic) bond motifs is 1. The van der Waals surface area contributed by atoms with Crippen molar-refractivity contribution in [3.63, 3.8) is 0 Å². The van der Waals surface area contributed by atoms with Gasteiger partial charge in [-0.15, -0.1) is 11.3 Å². The van der Waals surface area contributed by atoms with Crippen molar-refractivity contribution in [2.24, 2.45) is 0 Å². The van der Waals surface area contributed by atoms with Crippen molar-refractivity contribution in [3.8, 4) is 11.1 Å². The van der Waals surface area contributed by atoms with Crippen molar-refractivity contribution >= 4 is 27.5 Å². The van der Waals surface area contributed by atoms with Crippen LogP contribution in [0, 0.1) is 13.8 Å². The topological polar surface area (TPSA) is 78.1 Å². The van der Waals surface area contributed by atoms with Gasteiger partial charge in [-0.2, -0.15) is 0 Å². The number of nitrogens with zero attached hydrogens (tertiary/aromatic N) is 2. The van der Waals surface area contributed by atoms with E-state index in [1.807, 2.05) is 50.1 Å². The Hall–Kier alpha value is -2.51. The molecular formula is C19H22N4O2S. The van der Waals surface area contributed by atoms with Crippen molar-refractivity contribution in [2.75, 3.05) is 20.6 Å². The van der Waals surface area contributed by atoms with Gasteiger partial charge in [-0.3, -0.25) is 14.5 Å². The molecule has 3 rings (SSSR count). The first-order chi connectivity index (χ1) is 12.4. The van der Waals surface area contributed by atoms with Gasteiger partial charge in [0.25, 0.3) is 5.56 Å². The first-order valence-electron chi connectivity index (χ1n) is 8.37. The summed E-state index contributed by atoms with van der Waals surface area (Å²) in [5.74, 6) is 0.482. The number of carbonyl (C=O) groups is 1. The molecule has 1 aromatic carbocycles. The Morgan fingerprint density at radius 1 is 1.27 bits per heavy atom. The molecule has 0 aliphatic rings. The summed E-state index contributed by atoms with van der Waals surface area (Å²) in [5, 5.41) is 3.22. The van der Waals surface area contributed by atoms with Crippen LogP contribution in [-0.2, 0) is 11.3 Å². The van der Waals surface area contributed by atoms with Crippen LogP contribution in [0.4, 0.5) is 0 Å². The SMILES string of the molecule is CNC(=O)CN(C)Cc1nc2sc(C)c(-c3ccc(C)cc3)c2c(=O)[nH]1. The average molecular weight is 370 g/mol. The second-order valence-corrected chi connectivity index (χ2v) is 7.64. The molecule has 0 atom stereocenters. The zero-order chi connectivity index (χ0) is 18.8. The van der Waals surface area contributed by atoms with Crippen molar-refractivity contribution < 1.29 is 4.79 Å². The number of hydrogen-bond acceptors (Lipinski definition) is 5. The van der Waals surface area contributed by atoms with Gasteiger partial charge in [-0.05, 0) is 26.5 Å². The lowest BCUT2D eigenvalue weighted by Crippen LogP contribution is -2.33. The van der Waals surface area contributed by atoms with Crippen LogP contribution in [0.15, 0.2) is 29.1 Å². The number of aryl methyl sites for hydroxylation is 2. The van der Waals surface area contributed by atoms with Crippen LogP contribution in [0.1, 0.15) is 16.3 Å². The second kappa shape index (κ2) is 7.39. The quantitative estimate of drug-likeness (QED) is 0.723. The summed E-state index contributed by atoms with van der Waals surface area (Å²) in [6.07, 6.45) is 0. The maximum Gasteiger partial charge on any atom is 0.260 e. The van der Waals surface area contributed by atoms with Crippen LogP contribution in [0.25, 0.3) is 21.3 Å². The highest BCUT2D eigenvalue weighted by molar-refractivity contribution is 7.19. The highest BCUT2D eigenvalue weighted by Crippen LogP contribution is 2.35. The number of rotatable bonds is 5. The number of nitrogens with one attached hydrogen (secondary N) is 2. The molecule has 0 aliphatic carbocycles. The molecule has 3 aromatic rings. The van der Waals surface area contributed by atoms with Gasteiger partial charge in [-0.25, -0.2) is 4.98 Å². The molecule has 0 spiro atoms. The van der Waals surface area contributed by atoms with E-state index in [-0.39, 0.29) is 18.0 Å². The predicted molar refractivity (Wildman–Crippen MR) is 106 cm³/mol. The fourth-order valence-corrected chi connectivity index (χ4v) is 4.01. The Morgan fingerprint density at radius 3 is 2.62 bits per heavy atom. The monoisotopic (exact) mass is 370 g/mol. The first-order valence-corrected chi connectivity index (χ1v) is 9.19. The molecule has 0 saturated heterocycles.